The number of hydrogen-bond donors (Lipinski definition) is 1. The van der Waals surface area contributed by atoms with Crippen molar-refractivity contribution in [2.75, 3.05) is 6.54 Å². The summed E-state index contributed by atoms with van der Waals surface area (Å²) in [5, 5.41) is 3.13. The lowest BCUT2D eigenvalue weighted by Gasteiger charge is -2.28. The molecule has 1 saturated heterocycles. The fourth-order valence-corrected chi connectivity index (χ4v) is 3.19. The van der Waals surface area contributed by atoms with Crippen molar-refractivity contribution in [3.63, 3.8) is 0 Å². The molecule has 116 valence electrons. The van der Waals surface area contributed by atoms with Crippen LogP contribution in [0, 0.1) is 0 Å². The highest BCUT2D eigenvalue weighted by Gasteiger charge is 2.55. The average molecular weight is 296 g/mol. The van der Waals surface area contributed by atoms with E-state index >= 15 is 0 Å². The fourth-order valence-electron chi connectivity index (χ4n) is 3.19. The molecule has 1 amide bonds. The summed E-state index contributed by atoms with van der Waals surface area (Å²) in [6.45, 7) is 0.665. The molecule has 1 saturated carbocycles. The van der Waals surface area contributed by atoms with Crippen molar-refractivity contribution >= 4 is 5.91 Å². The molecule has 2 fully saturated rings. The second-order valence-electron chi connectivity index (χ2n) is 5.73. The summed E-state index contributed by atoms with van der Waals surface area (Å²) in [4.78, 5) is 13.3. The van der Waals surface area contributed by atoms with Crippen LogP contribution in [0.3, 0.4) is 0 Å². The molecule has 2 aliphatic rings. The molecule has 1 unspecified atom stereocenters. The van der Waals surface area contributed by atoms with Gasteiger partial charge in [0, 0.05) is 0 Å². The SMILES string of the molecule is CCCC1NC2(CCCC2)C(=O)N1CC(F)(F)C(F)F. The van der Waals surface area contributed by atoms with Gasteiger partial charge < -0.3 is 4.90 Å². The van der Waals surface area contributed by atoms with Gasteiger partial charge in [-0.3, -0.25) is 10.1 Å². The first-order valence-corrected chi connectivity index (χ1v) is 7.07. The minimum Gasteiger partial charge on any atom is -0.319 e. The Morgan fingerprint density at radius 3 is 2.50 bits per heavy atom. The Morgan fingerprint density at radius 2 is 2.00 bits per heavy atom. The molecule has 0 aromatic rings. The summed E-state index contributed by atoms with van der Waals surface area (Å²) in [6, 6.07) is 0. The minimum absolute atomic E-state index is 0.436. The van der Waals surface area contributed by atoms with E-state index in [0.717, 1.165) is 17.7 Å². The summed E-state index contributed by atoms with van der Waals surface area (Å²) in [5.41, 5.74) is -0.794. The zero-order valence-corrected chi connectivity index (χ0v) is 11.5. The normalized spacial score (nSPS) is 26.2. The summed E-state index contributed by atoms with van der Waals surface area (Å²) < 4.78 is 51.3. The molecule has 0 radical (unpaired) electrons. The molecule has 1 aliphatic heterocycles. The fraction of sp³-hybridized carbons (Fsp3) is 0.923. The molecule has 7 heteroatoms. The van der Waals surface area contributed by atoms with Gasteiger partial charge in [-0.1, -0.05) is 26.2 Å². The van der Waals surface area contributed by atoms with Crippen LogP contribution in [0.25, 0.3) is 0 Å². The van der Waals surface area contributed by atoms with Gasteiger partial charge in [-0.15, -0.1) is 0 Å². The lowest BCUT2D eigenvalue weighted by molar-refractivity contribution is -0.158. The van der Waals surface area contributed by atoms with Gasteiger partial charge in [0.2, 0.25) is 5.91 Å². The third-order valence-electron chi connectivity index (χ3n) is 4.21. The maximum atomic E-state index is 13.3. The van der Waals surface area contributed by atoms with Gasteiger partial charge in [0.05, 0.1) is 18.2 Å². The number of carbonyl (C=O) groups is 1. The molecule has 20 heavy (non-hydrogen) atoms. The van der Waals surface area contributed by atoms with Crippen molar-refractivity contribution in [2.45, 2.75) is 69.5 Å². The van der Waals surface area contributed by atoms with Crippen LogP contribution in [-0.4, -0.2) is 41.4 Å². The van der Waals surface area contributed by atoms with Crippen molar-refractivity contribution in [3.05, 3.63) is 0 Å². The van der Waals surface area contributed by atoms with E-state index in [9.17, 15) is 22.4 Å². The van der Waals surface area contributed by atoms with Gasteiger partial charge in [0.25, 0.3) is 0 Å². The van der Waals surface area contributed by atoms with Crippen LogP contribution < -0.4 is 5.32 Å². The van der Waals surface area contributed by atoms with E-state index in [1.807, 2.05) is 6.92 Å². The van der Waals surface area contributed by atoms with E-state index in [2.05, 4.69) is 5.32 Å². The number of alkyl halides is 4. The van der Waals surface area contributed by atoms with E-state index in [4.69, 9.17) is 0 Å². The Morgan fingerprint density at radius 1 is 1.40 bits per heavy atom. The molecule has 2 rings (SSSR count). The van der Waals surface area contributed by atoms with Crippen LogP contribution in [0.15, 0.2) is 0 Å². The second kappa shape index (κ2) is 5.50. The number of hydrogen-bond acceptors (Lipinski definition) is 2. The molecule has 1 atom stereocenters. The Labute approximate surface area is 115 Å². The molecule has 0 aromatic carbocycles. The predicted octanol–water partition coefficient (Wildman–Crippen LogP) is 2.76. The Balaban J connectivity index is 2.17. The van der Waals surface area contributed by atoms with E-state index in [1.165, 1.54) is 0 Å². The molecule has 1 N–H and O–H groups in total. The van der Waals surface area contributed by atoms with Crippen LogP contribution in [-0.2, 0) is 4.79 Å². The van der Waals surface area contributed by atoms with E-state index in [1.54, 1.807) is 0 Å². The zero-order valence-electron chi connectivity index (χ0n) is 11.5. The molecule has 1 aliphatic carbocycles. The molecule has 3 nitrogen and oxygen atoms in total. The first kappa shape index (κ1) is 15.5. The number of nitrogens with zero attached hydrogens (tertiary/aromatic N) is 1. The average Bonchev–Trinajstić information content (AvgIpc) is 2.92. The van der Waals surface area contributed by atoms with Crippen LogP contribution in [0.5, 0.6) is 0 Å². The number of carbonyl (C=O) groups excluding carboxylic acids is 1. The molecule has 0 bridgehead atoms. The largest absolute Gasteiger partial charge is 0.324 e. The quantitative estimate of drug-likeness (QED) is 0.791. The third-order valence-corrected chi connectivity index (χ3v) is 4.21. The Kier molecular flexibility index (Phi) is 4.27. The number of rotatable bonds is 5. The van der Waals surface area contributed by atoms with Gasteiger partial charge in [-0.05, 0) is 19.3 Å². The topological polar surface area (TPSA) is 32.3 Å². The maximum Gasteiger partial charge on any atom is 0.324 e. The van der Waals surface area contributed by atoms with Crippen molar-refractivity contribution < 1.29 is 22.4 Å². The lowest BCUT2D eigenvalue weighted by atomic mass is 9.98. The Bertz CT molecular complexity index is 369. The first-order chi connectivity index (χ1) is 9.32. The van der Waals surface area contributed by atoms with Crippen molar-refractivity contribution in [2.24, 2.45) is 0 Å². The van der Waals surface area contributed by atoms with Crippen molar-refractivity contribution in [1.82, 2.24) is 10.2 Å². The van der Waals surface area contributed by atoms with Crippen LogP contribution >= 0.6 is 0 Å². The lowest BCUT2D eigenvalue weighted by Crippen LogP contribution is -2.47. The predicted molar refractivity (Wildman–Crippen MR) is 65.7 cm³/mol. The van der Waals surface area contributed by atoms with Crippen LogP contribution in [0.4, 0.5) is 17.6 Å². The van der Waals surface area contributed by atoms with Gasteiger partial charge >= 0.3 is 12.3 Å². The second-order valence-corrected chi connectivity index (χ2v) is 5.73. The summed E-state index contributed by atoms with van der Waals surface area (Å²) >= 11 is 0. The van der Waals surface area contributed by atoms with Crippen molar-refractivity contribution in [3.8, 4) is 0 Å². The molecular formula is C13H20F4N2O. The van der Waals surface area contributed by atoms with Gasteiger partial charge in [0.15, 0.2) is 0 Å². The number of nitrogens with one attached hydrogen (secondary N) is 1. The zero-order chi connectivity index (χ0) is 15.0. The van der Waals surface area contributed by atoms with E-state index in [0.29, 0.717) is 25.7 Å². The van der Waals surface area contributed by atoms with Crippen molar-refractivity contribution in [1.29, 1.82) is 0 Å². The van der Waals surface area contributed by atoms with Gasteiger partial charge in [-0.25, -0.2) is 8.78 Å². The van der Waals surface area contributed by atoms with Crippen LogP contribution in [0.2, 0.25) is 0 Å². The van der Waals surface area contributed by atoms with Crippen LogP contribution in [0.1, 0.15) is 45.4 Å². The Hall–Kier alpha value is -0.850. The van der Waals surface area contributed by atoms with E-state index < -0.39 is 36.5 Å². The smallest absolute Gasteiger partial charge is 0.319 e. The minimum atomic E-state index is -4.16. The number of amides is 1. The highest BCUT2D eigenvalue weighted by atomic mass is 19.3. The van der Waals surface area contributed by atoms with E-state index in [-0.39, 0.29) is 0 Å². The molecular weight excluding hydrogens is 276 g/mol. The molecule has 1 heterocycles. The van der Waals surface area contributed by atoms with Gasteiger partial charge in [-0.2, -0.15) is 8.78 Å². The summed E-state index contributed by atoms with van der Waals surface area (Å²) in [6.07, 6.45) is -0.211. The third kappa shape index (κ3) is 2.64. The monoisotopic (exact) mass is 296 g/mol. The maximum absolute atomic E-state index is 13.3. The first-order valence-electron chi connectivity index (χ1n) is 7.07. The summed E-state index contributed by atoms with van der Waals surface area (Å²) in [5.74, 6) is -4.60. The standard InChI is InChI=1S/C13H20F4N2O/c1-2-5-9-18-12(6-3-4-7-12)11(20)19(9)8-13(16,17)10(14)15/h9-10,18H,2-8H2,1H3. The molecule has 1 spiro atoms. The van der Waals surface area contributed by atoms with Gasteiger partial charge in [0.1, 0.15) is 0 Å². The number of halogens is 4. The highest BCUT2D eigenvalue weighted by Crippen LogP contribution is 2.38. The molecule has 0 aromatic heterocycles. The summed E-state index contributed by atoms with van der Waals surface area (Å²) in [7, 11) is 0. The highest BCUT2D eigenvalue weighted by molar-refractivity contribution is 5.89.